The first-order chi connectivity index (χ1) is 8.03. The number of nitrogens with zero attached hydrogens (tertiary/aromatic N) is 2. The van der Waals surface area contributed by atoms with Crippen LogP contribution < -0.4 is 5.32 Å². The van der Waals surface area contributed by atoms with Crippen LogP contribution in [0.25, 0.3) is 0 Å². The van der Waals surface area contributed by atoms with Crippen LogP contribution in [0.2, 0.25) is 0 Å². The van der Waals surface area contributed by atoms with Crippen LogP contribution in [0.15, 0.2) is 29.5 Å². The zero-order chi connectivity index (χ0) is 12.3. The van der Waals surface area contributed by atoms with Crippen LogP contribution in [0, 0.1) is 5.41 Å². The van der Waals surface area contributed by atoms with Crippen LogP contribution in [-0.4, -0.2) is 21.9 Å². The molecule has 1 N–H and O–H groups in total. The highest BCUT2D eigenvalue weighted by Crippen LogP contribution is 2.32. The molecule has 0 amide bonds. The molecule has 0 aliphatic carbocycles. The van der Waals surface area contributed by atoms with Gasteiger partial charge in [-0.15, -0.1) is 0 Å². The second-order valence-corrected chi connectivity index (χ2v) is 6.81. The lowest BCUT2D eigenvalue weighted by atomic mass is 9.90. The van der Waals surface area contributed by atoms with Gasteiger partial charge in [0.25, 0.3) is 0 Å². The molecule has 1 aliphatic rings. The molecular formula is C13H19N3S. The molecule has 2 rings (SSSR count). The first-order valence-electron chi connectivity index (χ1n) is 5.91. The number of anilines is 1. The van der Waals surface area contributed by atoms with E-state index in [0.29, 0.717) is 10.7 Å². The minimum absolute atomic E-state index is 0.372. The number of rotatable bonds is 2. The van der Waals surface area contributed by atoms with Gasteiger partial charge >= 0.3 is 0 Å². The SMILES string of the molecule is CC(C)(C)CC1CN=C(Nc2cccnc2)S1. The Kier molecular flexibility index (Phi) is 3.72. The van der Waals surface area contributed by atoms with Crippen LogP contribution in [0.3, 0.4) is 0 Å². The van der Waals surface area contributed by atoms with Gasteiger partial charge in [-0.2, -0.15) is 0 Å². The quantitative estimate of drug-likeness (QED) is 0.873. The minimum Gasteiger partial charge on any atom is -0.334 e. The average Bonchev–Trinajstić information content (AvgIpc) is 2.64. The van der Waals surface area contributed by atoms with Crippen molar-refractivity contribution in [3.8, 4) is 0 Å². The Balaban J connectivity index is 1.86. The molecule has 3 nitrogen and oxygen atoms in total. The van der Waals surface area contributed by atoms with Crippen molar-refractivity contribution in [3.05, 3.63) is 24.5 Å². The zero-order valence-electron chi connectivity index (χ0n) is 10.6. The fraction of sp³-hybridized carbons (Fsp3) is 0.538. The molecule has 1 atom stereocenters. The summed E-state index contributed by atoms with van der Waals surface area (Å²) in [4.78, 5) is 8.62. The highest BCUT2D eigenvalue weighted by atomic mass is 32.2. The first-order valence-corrected chi connectivity index (χ1v) is 6.79. The smallest absolute Gasteiger partial charge is 0.161 e. The molecule has 92 valence electrons. The average molecular weight is 249 g/mol. The predicted molar refractivity (Wildman–Crippen MR) is 75.6 cm³/mol. The second-order valence-electron chi connectivity index (χ2n) is 5.52. The van der Waals surface area contributed by atoms with Gasteiger partial charge in [-0.05, 0) is 24.0 Å². The van der Waals surface area contributed by atoms with E-state index in [1.165, 1.54) is 6.42 Å². The van der Waals surface area contributed by atoms with Crippen molar-refractivity contribution < 1.29 is 0 Å². The van der Waals surface area contributed by atoms with E-state index in [1.807, 2.05) is 30.1 Å². The molecule has 0 saturated heterocycles. The summed E-state index contributed by atoms with van der Waals surface area (Å²) in [5, 5.41) is 4.93. The molecule has 1 aromatic heterocycles. The van der Waals surface area contributed by atoms with E-state index in [0.717, 1.165) is 17.4 Å². The maximum atomic E-state index is 4.54. The van der Waals surface area contributed by atoms with Crippen molar-refractivity contribution in [2.45, 2.75) is 32.4 Å². The molecule has 1 unspecified atom stereocenters. The molecule has 0 spiro atoms. The van der Waals surface area contributed by atoms with Crippen molar-refractivity contribution in [2.75, 3.05) is 11.9 Å². The molecule has 0 radical (unpaired) electrons. The van der Waals surface area contributed by atoms with Crippen molar-refractivity contribution >= 4 is 22.6 Å². The molecule has 4 heteroatoms. The highest BCUT2D eigenvalue weighted by Gasteiger charge is 2.24. The normalized spacial score (nSPS) is 20.2. The number of amidine groups is 1. The van der Waals surface area contributed by atoms with E-state index >= 15 is 0 Å². The summed E-state index contributed by atoms with van der Waals surface area (Å²) in [6.07, 6.45) is 4.79. The van der Waals surface area contributed by atoms with Crippen molar-refractivity contribution in [1.29, 1.82) is 0 Å². The van der Waals surface area contributed by atoms with E-state index in [4.69, 9.17) is 0 Å². The third-order valence-corrected chi connectivity index (χ3v) is 3.57. The van der Waals surface area contributed by atoms with Gasteiger partial charge < -0.3 is 5.32 Å². The monoisotopic (exact) mass is 249 g/mol. The Hall–Kier alpha value is -1.03. The Labute approximate surface area is 107 Å². The summed E-state index contributed by atoms with van der Waals surface area (Å²) < 4.78 is 0. The second kappa shape index (κ2) is 5.08. The molecule has 17 heavy (non-hydrogen) atoms. The molecule has 0 aromatic carbocycles. The zero-order valence-corrected chi connectivity index (χ0v) is 11.4. The molecule has 0 saturated carbocycles. The van der Waals surface area contributed by atoms with Gasteiger partial charge in [0.1, 0.15) is 0 Å². The molecule has 1 aromatic rings. The fourth-order valence-electron chi connectivity index (χ4n) is 1.84. The Morgan fingerprint density at radius 1 is 1.47 bits per heavy atom. The summed E-state index contributed by atoms with van der Waals surface area (Å²) in [7, 11) is 0. The molecule has 0 fully saturated rings. The maximum absolute atomic E-state index is 4.54. The maximum Gasteiger partial charge on any atom is 0.161 e. The van der Waals surface area contributed by atoms with Crippen LogP contribution in [-0.2, 0) is 0 Å². The number of aliphatic imine (C=N–C) groups is 1. The van der Waals surface area contributed by atoms with E-state index < -0.39 is 0 Å². The van der Waals surface area contributed by atoms with Crippen LogP contribution >= 0.6 is 11.8 Å². The highest BCUT2D eigenvalue weighted by molar-refractivity contribution is 8.15. The number of hydrogen-bond donors (Lipinski definition) is 1. The largest absolute Gasteiger partial charge is 0.334 e. The molecule has 2 heterocycles. The molecule has 0 bridgehead atoms. The first kappa shape index (κ1) is 12.4. The summed E-state index contributed by atoms with van der Waals surface area (Å²) in [5.74, 6) is 0. The molecule has 1 aliphatic heterocycles. The summed E-state index contributed by atoms with van der Waals surface area (Å²) >= 11 is 1.84. The van der Waals surface area contributed by atoms with Crippen molar-refractivity contribution in [3.63, 3.8) is 0 Å². The fourth-order valence-corrected chi connectivity index (χ4v) is 3.21. The Morgan fingerprint density at radius 2 is 2.29 bits per heavy atom. The lowest BCUT2D eigenvalue weighted by Gasteiger charge is -2.21. The third kappa shape index (κ3) is 4.04. The Bertz CT molecular complexity index is 395. The van der Waals surface area contributed by atoms with Crippen molar-refractivity contribution in [1.82, 2.24) is 4.98 Å². The third-order valence-electron chi connectivity index (χ3n) is 2.47. The van der Waals surface area contributed by atoms with E-state index in [2.05, 4.69) is 36.1 Å². The van der Waals surface area contributed by atoms with Gasteiger partial charge in [-0.3, -0.25) is 9.98 Å². The van der Waals surface area contributed by atoms with Crippen LogP contribution in [0.4, 0.5) is 5.69 Å². The number of thioether (sulfide) groups is 1. The number of aromatic nitrogens is 1. The lowest BCUT2D eigenvalue weighted by Crippen LogP contribution is -2.16. The number of nitrogens with one attached hydrogen (secondary N) is 1. The number of hydrogen-bond acceptors (Lipinski definition) is 4. The van der Waals surface area contributed by atoms with E-state index in [1.54, 1.807) is 6.20 Å². The summed E-state index contributed by atoms with van der Waals surface area (Å²) in [5.41, 5.74) is 1.38. The van der Waals surface area contributed by atoms with Gasteiger partial charge in [0.15, 0.2) is 5.17 Å². The van der Waals surface area contributed by atoms with Gasteiger partial charge in [0.2, 0.25) is 0 Å². The number of pyridine rings is 1. The van der Waals surface area contributed by atoms with Gasteiger partial charge in [-0.25, -0.2) is 0 Å². The van der Waals surface area contributed by atoms with Gasteiger partial charge in [0, 0.05) is 11.4 Å². The lowest BCUT2D eigenvalue weighted by molar-refractivity contribution is 0.375. The van der Waals surface area contributed by atoms with Gasteiger partial charge in [0.05, 0.1) is 18.4 Å². The Morgan fingerprint density at radius 3 is 2.94 bits per heavy atom. The van der Waals surface area contributed by atoms with Gasteiger partial charge in [-0.1, -0.05) is 32.5 Å². The summed E-state index contributed by atoms with van der Waals surface area (Å²) in [6, 6.07) is 3.93. The van der Waals surface area contributed by atoms with Crippen LogP contribution in [0.5, 0.6) is 0 Å². The predicted octanol–water partition coefficient (Wildman–Crippen LogP) is 3.40. The summed E-state index contributed by atoms with van der Waals surface area (Å²) in [6.45, 7) is 7.75. The van der Waals surface area contributed by atoms with E-state index in [9.17, 15) is 0 Å². The standard InChI is InChI=1S/C13H19N3S/c1-13(2,3)7-11-9-15-12(17-11)16-10-5-4-6-14-8-10/h4-6,8,11H,7,9H2,1-3H3,(H,15,16). The molecular weight excluding hydrogens is 230 g/mol. The minimum atomic E-state index is 0.372. The van der Waals surface area contributed by atoms with Crippen LogP contribution in [0.1, 0.15) is 27.2 Å². The van der Waals surface area contributed by atoms with E-state index in [-0.39, 0.29) is 0 Å². The van der Waals surface area contributed by atoms with Crippen molar-refractivity contribution in [2.24, 2.45) is 10.4 Å². The topological polar surface area (TPSA) is 37.3 Å².